The lowest BCUT2D eigenvalue weighted by molar-refractivity contribution is 0.0775. The summed E-state index contributed by atoms with van der Waals surface area (Å²) in [7, 11) is 1.71. The van der Waals surface area contributed by atoms with Gasteiger partial charge in [0.2, 0.25) is 5.01 Å². The number of nitrogens with one attached hydrogen (secondary N) is 1. The SMILES string of the molecule is Cc1nnc(C(=O)Nc2ccc(C(=O)N(C)Cc3ccco3)cc2)s1. The molecule has 0 spiro atoms. The Morgan fingerprint density at radius 1 is 1.20 bits per heavy atom. The van der Waals surface area contributed by atoms with Crippen LogP contribution in [-0.4, -0.2) is 34.0 Å². The van der Waals surface area contributed by atoms with Crippen LogP contribution >= 0.6 is 11.3 Å². The van der Waals surface area contributed by atoms with E-state index in [4.69, 9.17) is 4.42 Å². The molecule has 128 valence electrons. The van der Waals surface area contributed by atoms with Crippen LogP contribution in [0.4, 0.5) is 5.69 Å². The van der Waals surface area contributed by atoms with Gasteiger partial charge in [-0.1, -0.05) is 11.3 Å². The number of carbonyl (C=O) groups is 2. The van der Waals surface area contributed by atoms with Crippen LogP contribution in [0, 0.1) is 6.92 Å². The average Bonchev–Trinajstić information content (AvgIpc) is 3.26. The van der Waals surface area contributed by atoms with Crippen molar-refractivity contribution < 1.29 is 14.0 Å². The zero-order valence-electron chi connectivity index (χ0n) is 13.7. The molecule has 3 aromatic rings. The van der Waals surface area contributed by atoms with E-state index in [1.54, 1.807) is 55.5 Å². The molecule has 2 amide bonds. The number of furan rings is 1. The second kappa shape index (κ2) is 7.27. The Balaban J connectivity index is 1.63. The first-order valence-electron chi connectivity index (χ1n) is 7.52. The predicted molar refractivity (Wildman–Crippen MR) is 93.5 cm³/mol. The molecule has 7 nitrogen and oxygen atoms in total. The maximum Gasteiger partial charge on any atom is 0.286 e. The van der Waals surface area contributed by atoms with E-state index in [0.29, 0.717) is 28.6 Å². The van der Waals surface area contributed by atoms with Gasteiger partial charge < -0.3 is 14.6 Å². The van der Waals surface area contributed by atoms with E-state index in [-0.39, 0.29) is 11.8 Å². The van der Waals surface area contributed by atoms with Crippen LogP contribution in [0.25, 0.3) is 0 Å². The van der Waals surface area contributed by atoms with E-state index < -0.39 is 0 Å². The highest BCUT2D eigenvalue weighted by atomic mass is 32.1. The minimum atomic E-state index is -0.320. The molecule has 0 saturated heterocycles. The number of benzene rings is 1. The summed E-state index contributed by atoms with van der Waals surface area (Å²) in [5, 5.41) is 11.4. The van der Waals surface area contributed by atoms with Crippen molar-refractivity contribution >= 4 is 28.8 Å². The molecule has 0 atom stereocenters. The summed E-state index contributed by atoms with van der Waals surface area (Å²) >= 11 is 1.22. The van der Waals surface area contributed by atoms with Gasteiger partial charge in [0.05, 0.1) is 12.8 Å². The van der Waals surface area contributed by atoms with E-state index >= 15 is 0 Å². The lowest BCUT2D eigenvalue weighted by Crippen LogP contribution is -2.26. The maximum atomic E-state index is 12.4. The van der Waals surface area contributed by atoms with Crippen molar-refractivity contribution in [1.29, 1.82) is 0 Å². The standard InChI is InChI=1S/C17H16N4O3S/c1-11-19-20-16(25-11)15(22)18-13-7-5-12(6-8-13)17(23)21(2)10-14-4-3-9-24-14/h3-9H,10H2,1-2H3,(H,18,22). The molecule has 0 fully saturated rings. The molecular formula is C17H16N4O3S. The van der Waals surface area contributed by atoms with Gasteiger partial charge in [0, 0.05) is 18.3 Å². The van der Waals surface area contributed by atoms with Crippen LogP contribution in [0.3, 0.4) is 0 Å². The van der Waals surface area contributed by atoms with Gasteiger partial charge in [0.1, 0.15) is 10.8 Å². The van der Waals surface area contributed by atoms with Crippen LogP contribution in [0.5, 0.6) is 0 Å². The largest absolute Gasteiger partial charge is 0.467 e. The first-order chi connectivity index (χ1) is 12.0. The molecular weight excluding hydrogens is 340 g/mol. The van der Waals surface area contributed by atoms with Gasteiger partial charge in [-0.25, -0.2) is 0 Å². The third kappa shape index (κ3) is 4.10. The highest BCUT2D eigenvalue weighted by Gasteiger charge is 2.14. The fourth-order valence-electron chi connectivity index (χ4n) is 2.20. The van der Waals surface area contributed by atoms with Gasteiger partial charge in [0.25, 0.3) is 11.8 Å². The molecule has 0 aliphatic heterocycles. The zero-order valence-corrected chi connectivity index (χ0v) is 14.5. The van der Waals surface area contributed by atoms with Gasteiger partial charge >= 0.3 is 0 Å². The summed E-state index contributed by atoms with van der Waals surface area (Å²) in [4.78, 5) is 26.0. The van der Waals surface area contributed by atoms with Crippen molar-refractivity contribution in [3.8, 4) is 0 Å². The monoisotopic (exact) mass is 356 g/mol. The van der Waals surface area contributed by atoms with Gasteiger partial charge in [-0.05, 0) is 43.3 Å². The Morgan fingerprint density at radius 3 is 2.56 bits per heavy atom. The van der Waals surface area contributed by atoms with Gasteiger partial charge in [0.15, 0.2) is 0 Å². The Morgan fingerprint density at radius 2 is 1.96 bits per heavy atom. The topological polar surface area (TPSA) is 88.3 Å². The number of carbonyl (C=O) groups excluding carboxylic acids is 2. The van der Waals surface area contributed by atoms with Crippen molar-refractivity contribution in [3.05, 3.63) is 64.0 Å². The Bertz CT molecular complexity index is 872. The predicted octanol–water partition coefficient (Wildman–Crippen LogP) is 2.96. The molecule has 0 bridgehead atoms. The number of amides is 2. The highest BCUT2D eigenvalue weighted by molar-refractivity contribution is 7.13. The molecule has 2 heterocycles. The normalized spacial score (nSPS) is 10.5. The van der Waals surface area contributed by atoms with Crippen molar-refractivity contribution in [1.82, 2.24) is 15.1 Å². The Kier molecular flexibility index (Phi) is 4.90. The smallest absolute Gasteiger partial charge is 0.286 e. The van der Waals surface area contributed by atoms with Crippen LogP contribution in [0.2, 0.25) is 0 Å². The molecule has 8 heteroatoms. The lowest BCUT2D eigenvalue weighted by Gasteiger charge is -2.16. The summed E-state index contributed by atoms with van der Waals surface area (Å²) in [6, 6.07) is 10.3. The summed E-state index contributed by atoms with van der Waals surface area (Å²) in [6.07, 6.45) is 1.57. The van der Waals surface area contributed by atoms with Crippen LogP contribution < -0.4 is 5.32 Å². The summed E-state index contributed by atoms with van der Waals surface area (Å²) in [5.41, 5.74) is 1.11. The molecule has 0 unspecified atom stereocenters. The molecule has 1 aromatic carbocycles. The van der Waals surface area contributed by atoms with Crippen molar-refractivity contribution in [3.63, 3.8) is 0 Å². The van der Waals surface area contributed by atoms with E-state index in [2.05, 4.69) is 15.5 Å². The van der Waals surface area contributed by atoms with Gasteiger partial charge in [-0.15, -0.1) is 10.2 Å². The first-order valence-corrected chi connectivity index (χ1v) is 8.34. The minimum absolute atomic E-state index is 0.131. The van der Waals surface area contributed by atoms with Crippen molar-refractivity contribution in [2.24, 2.45) is 0 Å². The van der Waals surface area contributed by atoms with Crippen molar-refractivity contribution in [2.45, 2.75) is 13.5 Å². The highest BCUT2D eigenvalue weighted by Crippen LogP contribution is 2.15. The lowest BCUT2D eigenvalue weighted by atomic mass is 10.2. The Labute approximate surface area is 148 Å². The molecule has 0 saturated carbocycles. The zero-order chi connectivity index (χ0) is 17.8. The number of nitrogens with zero attached hydrogens (tertiary/aromatic N) is 3. The minimum Gasteiger partial charge on any atom is -0.467 e. The Hall–Kier alpha value is -3.00. The van der Waals surface area contributed by atoms with E-state index in [9.17, 15) is 9.59 Å². The van der Waals surface area contributed by atoms with E-state index in [1.807, 2.05) is 6.07 Å². The van der Waals surface area contributed by atoms with Crippen molar-refractivity contribution in [2.75, 3.05) is 12.4 Å². The van der Waals surface area contributed by atoms with Gasteiger partial charge in [-0.2, -0.15) is 0 Å². The van der Waals surface area contributed by atoms with Crippen LogP contribution in [0.15, 0.2) is 47.1 Å². The number of aryl methyl sites for hydroxylation is 1. The maximum absolute atomic E-state index is 12.4. The number of hydrogen-bond donors (Lipinski definition) is 1. The van der Waals surface area contributed by atoms with E-state index in [1.165, 1.54) is 11.3 Å². The molecule has 25 heavy (non-hydrogen) atoms. The number of hydrogen-bond acceptors (Lipinski definition) is 6. The molecule has 0 aliphatic carbocycles. The number of aromatic nitrogens is 2. The molecule has 2 aromatic heterocycles. The molecule has 0 aliphatic rings. The fraction of sp³-hybridized carbons (Fsp3) is 0.176. The average molecular weight is 356 g/mol. The molecule has 0 radical (unpaired) electrons. The fourth-order valence-corrected chi connectivity index (χ4v) is 2.78. The number of rotatable bonds is 5. The quantitative estimate of drug-likeness (QED) is 0.759. The third-order valence-corrected chi connectivity index (χ3v) is 4.27. The second-order valence-electron chi connectivity index (χ2n) is 5.40. The summed E-state index contributed by atoms with van der Waals surface area (Å²) in [5.74, 6) is 0.265. The first kappa shape index (κ1) is 16.8. The van der Waals surface area contributed by atoms with Crippen LogP contribution in [-0.2, 0) is 6.54 Å². The summed E-state index contributed by atoms with van der Waals surface area (Å²) in [6.45, 7) is 2.18. The molecule has 1 N–H and O–H groups in total. The van der Waals surface area contributed by atoms with Crippen LogP contribution in [0.1, 0.15) is 30.9 Å². The third-order valence-electron chi connectivity index (χ3n) is 3.43. The summed E-state index contributed by atoms with van der Waals surface area (Å²) < 4.78 is 5.25. The molecule has 3 rings (SSSR count). The second-order valence-corrected chi connectivity index (χ2v) is 6.58. The number of anilines is 1. The van der Waals surface area contributed by atoms with E-state index in [0.717, 1.165) is 5.01 Å². The van der Waals surface area contributed by atoms with Gasteiger partial charge in [-0.3, -0.25) is 9.59 Å².